The van der Waals surface area contributed by atoms with Crippen molar-refractivity contribution < 1.29 is 23.8 Å². The molecule has 2 aliphatic rings. The van der Waals surface area contributed by atoms with Crippen LogP contribution in [0.4, 0.5) is 10.5 Å². The van der Waals surface area contributed by atoms with Crippen molar-refractivity contribution in [3.63, 3.8) is 0 Å². The van der Waals surface area contributed by atoms with Gasteiger partial charge in [0.05, 0.1) is 11.7 Å². The first kappa shape index (κ1) is 20.6. The van der Waals surface area contributed by atoms with Gasteiger partial charge < -0.3 is 14.2 Å². The number of carbonyl (C=O) groups excluding carboxylic acids is 2. The van der Waals surface area contributed by atoms with Crippen molar-refractivity contribution in [2.45, 2.75) is 83.5 Å². The number of anilines is 1. The predicted molar refractivity (Wildman–Crippen MR) is 107 cm³/mol. The minimum absolute atomic E-state index is 0.00103. The number of aryl methyl sites for hydroxylation is 1. The van der Waals surface area contributed by atoms with E-state index in [1.54, 1.807) is 12.1 Å². The van der Waals surface area contributed by atoms with E-state index in [4.69, 9.17) is 14.2 Å². The van der Waals surface area contributed by atoms with E-state index < -0.39 is 11.7 Å². The van der Waals surface area contributed by atoms with Gasteiger partial charge in [0, 0.05) is 12.3 Å². The number of ether oxygens (including phenoxy) is 3. The number of hydrogen-bond acceptors (Lipinski definition) is 5. The van der Waals surface area contributed by atoms with Gasteiger partial charge in [0.15, 0.2) is 0 Å². The highest BCUT2D eigenvalue weighted by molar-refractivity contribution is 5.93. The Balaban J connectivity index is 1.76. The van der Waals surface area contributed by atoms with Crippen LogP contribution < -0.4 is 5.32 Å². The van der Waals surface area contributed by atoms with Crippen molar-refractivity contribution in [2.24, 2.45) is 0 Å². The molecule has 1 aliphatic carbocycles. The molecule has 1 aliphatic heterocycles. The molecule has 0 spiro atoms. The van der Waals surface area contributed by atoms with Crippen LogP contribution in [0, 0.1) is 0 Å². The Kier molecular flexibility index (Phi) is 6.60. The van der Waals surface area contributed by atoms with Gasteiger partial charge in [-0.25, -0.2) is 9.59 Å². The average molecular weight is 389 g/mol. The molecule has 1 heterocycles. The summed E-state index contributed by atoms with van der Waals surface area (Å²) in [6.07, 6.45) is 5.95. The number of rotatable bonds is 1. The number of benzene rings is 1. The summed E-state index contributed by atoms with van der Waals surface area (Å²) in [6, 6.07) is 5.28. The van der Waals surface area contributed by atoms with E-state index in [2.05, 4.69) is 5.32 Å². The fourth-order valence-electron chi connectivity index (χ4n) is 3.76. The second-order valence-corrected chi connectivity index (χ2v) is 8.59. The summed E-state index contributed by atoms with van der Waals surface area (Å²) >= 11 is 0. The molecule has 1 aromatic carbocycles. The van der Waals surface area contributed by atoms with E-state index >= 15 is 0 Å². The fourth-order valence-corrected chi connectivity index (χ4v) is 3.76. The Hall–Kier alpha value is -2.08. The third kappa shape index (κ3) is 5.71. The first-order valence-corrected chi connectivity index (χ1v) is 10.3. The molecule has 28 heavy (non-hydrogen) atoms. The lowest BCUT2D eigenvalue weighted by molar-refractivity contribution is -0.0570. The van der Waals surface area contributed by atoms with Crippen molar-refractivity contribution in [3.8, 4) is 0 Å². The lowest BCUT2D eigenvalue weighted by Crippen LogP contribution is -2.34. The Morgan fingerprint density at radius 1 is 1.11 bits per heavy atom. The molecule has 2 unspecified atom stereocenters. The van der Waals surface area contributed by atoms with E-state index in [1.165, 1.54) is 0 Å². The third-order valence-electron chi connectivity index (χ3n) is 5.04. The Morgan fingerprint density at radius 2 is 1.86 bits per heavy atom. The molecule has 3 rings (SSSR count). The smallest absolute Gasteiger partial charge is 0.412 e. The number of fused-ring (bicyclic) bond motifs is 2. The van der Waals surface area contributed by atoms with Crippen LogP contribution in [0.15, 0.2) is 18.2 Å². The minimum Gasteiger partial charge on any atom is -0.456 e. The zero-order valence-corrected chi connectivity index (χ0v) is 17.1. The molecule has 1 aromatic rings. The molecule has 0 aromatic heterocycles. The Labute approximate surface area is 166 Å². The van der Waals surface area contributed by atoms with Gasteiger partial charge in [-0.3, -0.25) is 5.32 Å². The quantitative estimate of drug-likeness (QED) is 0.695. The number of hydrogen-bond donors (Lipinski definition) is 1. The van der Waals surface area contributed by atoms with E-state index in [1.807, 2.05) is 26.8 Å². The summed E-state index contributed by atoms with van der Waals surface area (Å²) in [6.45, 7) is 6.09. The first-order chi connectivity index (χ1) is 13.3. The Bertz CT molecular complexity index is 709. The molecule has 1 N–H and O–H groups in total. The zero-order chi connectivity index (χ0) is 20.1. The van der Waals surface area contributed by atoms with Gasteiger partial charge >= 0.3 is 12.1 Å². The highest BCUT2D eigenvalue weighted by atomic mass is 16.6. The van der Waals surface area contributed by atoms with Crippen molar-refractivity contribution in [1.29, 1.82) is 0 Å². The topological polar surface area (TPSA) is 73.9 Å². The van der Waals surface area contributed by atoms with Gasteiger partial charge in [-0.15, -0.1) is 0 Å². The van der Waals surface area contributed by atoms with Gasteiger partial charge in [-0.2, -0.15) is 0 Å². The summed E-state index contributed by atoms with van der Waals surface area (Å²) in [5, 5.41) is 2.74. The lowest BCUT2D eigenvalue weighted by atomic mass is 10.0. The molecule has 0 radical (unpaired) electrons. The van der Waals surface area contributed by atoms with Gasteiger partial charge in [0.1, 0.15) is 11.7 Å². The number of nitrogens with one attached hydrogen (secondary N) is 1. The molecule has 154 valence electrons. The predicted octanol–water partition coefficient (Wildman–Crippen LogP) is 4.85. The molecule has 1 amide bonds. The van der Waals surface area contributed by atoms with E-state index in [-0.39, 0.29) is 18.2 Å². The molecule has 0 bridgehead atoms. The SMILES string of the molecule is CC(C)(C)OC(=O)Nc1ccc2c(c1)CCCOC1CCCCCC1OC2=O. The summed E-state index contributed by atoms with van der Waals surface area (Å²) < 4.78 is 17.2. The summed E-state index contributed by atoms with van der Waals surface area (Å²) in [5.41, 5.74) is 1.46. The third-order valence-corrected chi connectivity index (χ3v) is 5.04. The first-order valence-electron chi connectivity index (χ1n) is 10.3. The standard InChI is InChI=1S/C22H31NO5/c1-22(2,3)28-21(25)23-16-11-12-17-15(14-16)8-7-13-26-18-9-5-4-6-10-19(18)27-20(17)24/h11-12,14,18-19H,4-10,13H2,1-3H3,(H,23,25). The van der Waals surface area contributed by atoms with Crippen LogP contribution in [-0.4, -0.2) is 36.5 Å². The van der Waals surface area contributed by atoms with Crippen LogP contribution in [0.5, 0.6) is 0 Å². The molecule has 1 saturated carbocycles. The largest absolute Gasteiger partial charge is 0.456 e. The maximum Gasteiger partial charge on any atom is 0.412 e. The Morgan fingerprint density at radius 3 is 2.61 bits per heavy atom. The molecule has 6 nitrogen and oxygen atoms in total. The highest BCUT2D eigenvalue weighted by Crippen LogP contribution is 2.27. The lowest BCUT2D eigenvalue weighted by Gasteiger charge is -2.27. The monoisotopic (exact) mass is 389 g/mol. The second kappa shape index (κ2) is 8.95. The highest BCUT2D eigenvalue weighted by Gasteiger charge is 2.29. The summed E-state index contributed by atoms with van der Waals surface area (Å²) in [4.78, 5) is 24.9. The number of amides is 1. The molecule has 1 fully saturated rings. The molecule has 0 saturated heterocycles. The molecular formula is C22H31NO5. The van der Waals surface area contributed by atoms with Crippen LogP contribution in [0.3, 0.4) is 0 Å². The average Bonchev–Trinajstić information content (AvgIpc) is 2.82. The van der Waals surface area contributed by atoms with Crippen molar-refractivity contribution in [3.05, 3.63) is 29.3 Å². The van der Waals surface area contributed by atoms with Gasteiger partial charge in [0.25, 0.3) is 0 Å². The second-order valence-electron chi connectivity index (χ2n) is 8.59. The number of carbonyl (C=O) groups is 2. The van der Waals surface area contributed by atoms with Crippen molar-refractivity contribution in [2.75, 3.05) is 11.9 Å². The minimum atomic E-state index is -0.569. The van der Waals surface area contributed by atoms with Crippen LogP contribution in [0.1, 0.15) is 75.2 Å². The zero-order valence-electron chi connectivity index (χ0n) is 17.1. The fraction of sp³-hybridized carbons (Fsp3) is 0.636. The van der Waals surface area contributed by atoms with Crippen LogP contribution >= 0.6 is 0 Å². The van der Waals surface area contributed by atoms with Gasteiger partial charge in [-0.05, 0) is 76.6 Å². The van der Waals surface area contributed by atoms with E-state index in [9.17, 15) is 9.59 Å². The molecule has 2 atom stereocenters. The normalized spacial score (nSPS) is 23.5. The van der Waals surface area contributed by atoms with Crippen molar-refractivity contribution in [1.82, 2.24) is 0 Å². The van der Waals surface area contributed by atoms with Crippen LogP contribution in [-0.2, 0) is 20.6 Å². The maximum absolute atomic E-state index is 12.8. The van der Waals surface area contributed by atoms with Crippen LogP contribution in [0.25, 0.3) is 0 Å². The molecule has 6 heteroatoms. The van der Waals surface area contributed by atoms with Crippen LogP contribution in [0.2, 0.25) is 0 Å². The summed E-state index contributed by atoms with van der Waals surface area (Å²) in [7, 11) is 0. The maximum atomic E-state index is 12.8. The van der Waals surface area contributed by atoms with E-state index in [0.717, 1.165) is 44.1 Å². The van der Waals surface area contributed by atoms with Crippen molar-refractivity contribution >= 4 is 17.7 Å². The van der Waals surface area contributed by atoms with E-state index in [0.29, 0.717) is 24.3 Å². The van der Waals surface area contributed by atoms with Gasteiger partial charge in [0.2, 0.25) is 0 Å². The number of esters is 1. The van der Waals surface area contributed by atoms with Gasteiger partial charge in [-0.1, -0.05) is 12.8 Å². The summed E-state index contributed by atoms with van der Waals surface area (Å²) in [5.74, 6) is -0.304. The molecular weight excluding hydrogens is 358 g/mol.